The number of hydrogen-bond acceptors (Lipinski definition) is 5. The maximum absolute atomic E-state index is 12.7. The summed E-state index contributed by atoms with van der Waals surface area (Å²) in [5, 5.41) is 4.87. The van der Waals surface area contributed by atoms with Crippen molar-refractivity contribution in [2.24, 2.45) is 0 Å². The second-order valence-corrected chi connectivity index (χ2v) is 9.32. The van der Waals surface area contributed by atoms with Gasteiger partial charge in [-0.3, -0.25) is 9.36 Å². The Bertz CT molecular complexity index is 1570. The van der Waals surface area contributed by atoms with E-state index in [4.69, 9.17) is 21.0 Å². The number of anilines is 1. The van der Waals surface area contributed by atoms with Gasteiger partial charge in [0, 0.05) is 28.0 Å². The second-order valence-electron chi connectivity index (χ2n) is 7.94. The van der Waals surface area contributed by atoms with Crippen LogP contribution in [0.15, 0.2) is 99.4 Å². The molecule has 35 heavy (non-hydrogen) atoms. The Morgan fingerprint density at radius 3 is 2.57 bits per heavy atom. The first-order chi connectivity index (χ1) is 17.0. The van der Waals surface area contributed by atoms with Crippen LogP contribution in [0, 0.1) is 6.92 Å². The zero-order valence-corrected chi connectivity index (χ0v) is 20.3. The highest BCUT2D eigenvalue weighted by Crippen LogP contribution is 2.28. The average Bonchev–Trinajstić information content (AvgIpc) is 3.28. The van der Waals surface area contributed by atoms with Gasteiger partial charge in [-0.2, -0.15) is 0 Å². The van der Waals surface area contributed by atoms with Gasteiger partial charge in [0.1, 0.15) is 5.58 Å². The molecule has 6 nitrogen and oxygen atoms in total. The molecule has 0 spiro atoms. The fraction of sp³-hybridized carbons (Fsp3) is 0.0741. The molecule has 1 amide bonds. The van der Waals surface area contributed by atoms with Crippen LogP contribution in [0.2, 0.25) is 5.02 Å². The molecule has 8 heteroatoms. The number of benzene rings is 3. The van der Waals surface area contributed by atoms with Gasteiger partial charge < -0.3 is 9.73 Å². The molecule has 0 aliphatic heterocycles. The molecular formula is C27H20ClN3O3S. The third-order valence-electron chi connectivity index (χ3n) is 5.36. The molecule has 5 rings (SSSR count). The lowest BCUT2D eigenvalue weighted by Crippen LogP contribution is -2.14. The molecule has 1 N–H and O–H groups in total. The maximum Gasteiger partial charge on any atom is 0.345 e. The van der Waals surface area contributed by atoms with Crippen LogP contribution in [0.25, 0.3) is 27.9 Å². The van der Waals surface area contributed by atoms with Gasteiger partial charge in [0.25, 0.3) is 0 Å². The molecule has 0 fully saturated rings. The molecule has 2 heterocycles. The summed E-state index contributed by atoms with van der Waals surface area (Å²) in [4.78, 5) is 30.0. The number of carbonyl (C=O) groups is 1. The van der Waals surface area contributed by atoms with E-state index in [0.717, 1.165) is 22.3 Å². The van der Waals surface area contributed by atoms with Crippen LogP contribution in [0.5, 0.6) is 0 Å². The zero-order chi connectivity index (χ0) is 24.4. The Labute approximate surface area is 210 Å². The summed E-state index contributed by atoms with van der Waals surface area (Å²) in [5.41, 5.74) is 3.51. The Balaban J connectivity index is 1.47. The zero-order valence-electron chi connectivity index (χ0n) is 18.7. The molecule has 5 aromatic rings. The molecule has 0 saturated heterocycles. The van der Waals surface area contributed by atoms with Crippen molar-refractivity contribution in [2.45, 2.75) is 12.1 Å². The summed E-state index contributed by atoms with van der Waals surface area (Å²) in [5.74, 6) is -0.0131. The van der Waals surface area contributed by atoms with Crippen LogP contribution in [0.3, 0.4) is 0 Å². The van der Waals surface area contributed by atoms with Crippen molar-refractivity contribution in [3.8, 4) is 16.9 Å². The predicted octanol–water partition coefficient (Wildman–Crippen LogP) is 6.34. The minimum atomic E-state index is -0.474. The lowest BCUT2D eigenvalue weighted by atomic mass is 10.1. The van der Waals surface area contributed by atoms with E-state index in [1.54, 1.807) is 30.5 Å². The van der Waals surface area contributed by atoms with Crippen molar-refractivity contribution in [1.82, 2.24) is 9.55 Å². The minimum absolute atomic E-state index is 0.143. The molecule has 0 aliphatic rings. The average molecular weight is 502 g/mol. The number of rotatable bonds is 6. The van der Waals surface area contributed by atoms with E-state index in [9.17, 15) is 9.59 Å². The topological polar surface area (TPSA) is 77.1 Å². The van der Waals surface area contributed by atoms with Crippen molar-refractivity contribution in [1.29, 1.82) is 0 Å². The number of nitrogens with one attached hydrogen (secondary N) is 1. The quantitative estimate of drug-likeness (QED) is 0.217. The van der Waals surface area contributed by atoms with E-state index in [1.807, 2.05) is 66.1 Å². The third kappa shape index (κ3) is 5.16. The van der Waals surface area contributed by atoms with Crippen molar-refractivity contribution in [3.05, 3.63) is 106 Å². The van der Waals surface area contributed by atoms with Gasteiger partial charge in [0.15, 0.2) is 5.16 Å². The van der Waals surface area contributed by atoms with Gasteiger partial charge in [-0.25, -0.2) is 9.78 Å². The number of thioether (sulfide) groups is 1. The number of fused-ring (bicyclic) bond motifs is 1. The minimum Gasteiger partial charge on any atom is -0.422 e. The van der Waals surface area contributed by atoms with Crippen LogP contribution < -0.4 is 10.9 Å². The Morgan fingerprint density at radius 1 is 1.06 bits per heavy atom. The first kappa shape index (κ1) is 23.0. The van der Waals surface area contributed by atoms with Crippen LogP contribution in [-0.4, -0.2) is 21.2 Å². The van der Waals surface area contributed by atoms with Crippen LogP contribution in [0.1, 0.15) is 5.56 Å². The monoisotopic (exact) mass is 501 g/mol. The summed E-state index contributed by atoms with van der Waals surface area (Å²) >= 11 is 7.34. The third-order valence-corrected chi connectivity index (χ3v) is 6.57. The highest BCUT2D eigenvalue weighted by atomic mass is 35.5. The molecule has 0 unspecified atom stereocenters. The Kier molecular flexibility index (Phi) is 6.44. The van der Waals surface area contributed by atoms with Gasteiger partial charge >= 0.3 is 5.63 Å². The summed E-state index contributed by atoms with van der Waals surface area (Å²) in [6, 6.07) is 24.0. The summed E-state index contributed by atoms with van der Waals surface area (Å²) in [6.07, 6.45) is 1.77. The first-order valence-corrected chi connectivity index (χ1v) is 12.2. The molecule has 0 bridgehead atoms. The molecule has 174 valence electrons. The first-order valence-electron chi connectivity index (χ1n) is 10.8. The Morgan fingerprint density at radius 2 is 1.80 bits per heavy atom. The van der Waals surface area contributed by atoms with Crippen LogP contribution in [0.4, 0.5) is 5.69 Å². The molecule has 0 radical (unpaired) electrons. The standard InChI is InChI=1S/C27H20ClN3O3S/c1-17-6-10-20(11-7-17)29-25(32)16-35-27-30-23(15-31(27)21-12-8-19(28)9-13-21)22-14-18-4-2-3-5-24(18)34-26(22)33/h2-15H,16H2,1H3,(H,29,32). The number of aromatic nitrogens is 2. The summed E-state index contributed by atoms with van der Waals surface area (Å²) < 4.78 is 7.33. The van der Waals surface area contributed by atoms with Gasteiger partial charge in [0.2, 0.25) is 5.91 Å². The Hall–Kier alpha value is -3.81. The van der Waals surface area contributed by atoms with E-state index >= 15 is 0 Å². The van der Waals surface area contributed by atoms with Crippen LogP contribution >= 0.6 is 23.4 Å². The molecular weight excluding hydrogens is 482 g/mol. The van der Waals surface area contributed by atoms with E-state index in [-0.39, 0.29) is 11.7 Å². The number of halogens is 1. The van der Waals surface area contributed by atoms with Gasteiger partial charge in [0.05, 0.1) is 17.0 Å². The molecule has 0 atom stereocenters. The largest absolute Gasteiger partial charge is 0.422 e. The predicted molar refractivity (Wildman–Crippen MR) is 141 cm³/mol. The SMILES string of the molecule is Cc1ccc(NC(=O)CSc2nc(-c3cc4ccccc4oc3=O)cn2-c2ccc(Cl)cc2)cc1. The lowest BCUT2D eigenvalue weighted by molar-refractivity contribution is -0.113. The lowest BCUT2D eigenvalue weighted by Gasteiger charge is -2.08. The number of amides is 1. The second kappa shape index (κ2) is 9.82. The molecule has 0 saturated carbocycles. The fourth-order valence-electron chi connectivity index (χ4n) is 3.59. The summed E-state index contributed by atoms with van der Waals surface area (Å²) in [6.45, 7) is 1.99. The maximum atomic E-state index is 12.7. The number of aryl methyl sites for hydroxylation is 1. The highest BCUT2D eigenvalue weighted by Gasteiger charge is 2.17. The van der Waals surface area contributed by atoms with E-state index in [1.165, 1.54) is 11.8 Å². The number of nitrogens with zero attached hydrogens (tertiary/aromatic N) is 2. The van der Waals surface area contributed by atoms with Gasteiger partial charge in [-0.05, 0) is 55.5 Å². The summed E-state index contributed by atoms with van der Waals surface area (Å²) in [7, 11) is 0. The van der Waals surface area contributed by atoms with E-state index in [0.29, 0.717) is 27.0 Å². The highest BCUT2D eigenvalue weighted by molar-refractivity contribution is 7.99. The number of hydrogen-bond donors (Lipinski definition) is 1. The van der Waals surface area contributed by atoms with Crippen molar-refractivity contribution in [3.63, 3.8) is 0 Å². The van der Waals surface area contributed by atoms with Crippen molar-refractivity contribution >= 4 is 45.9 Å². The smallest absolute Gasteiger partial charge is 0.345 e. The van der Waals surface area contributed by atoms with E-state index in [2.05, 4.69) is 5.32 Å². The number of carbonyl (C=O) groups excluding carboxylic acids is 1. The molecule has 0 aliphatic carbocycles. The van der Waals surface area contributed by atoms with E-state index < -0.39 is 5.63 Å². The fourth-order valence-corrected chi connectivity index (χ4v) is 4.50. The van der Waals surface area contributed by atoms with Crippen molar-refractivity contribution in [2.75, 3.05) is 11.1 Å². The van der Waals surface area contributed by atoms with Crippen molar-refractivity contribution < 1.29 is 9.21 Å². The van der Waals surface area contributed by atoms with Crippen LogP contribution in [-0.2, 0) is 4.79 Å². The molecule has 2 aromatic heterocycles. The van der Waals surface area contributed by atoms with Gasteiger partial charge in [-0.15, -0.1) is 0 Å². The number of imidazole rings is 1. The molecule has 3 aromatic carbocycles. The van der Waals surface area contributed by atoms with Gasteiger partial charge in [-0.1, -0.05) is 59.3 Å². The number of para-hydroxylation sites is 1. The normalized spacial score (nSPS) is 11.0.